The number of nitrogen functional groups attached to an aromatic ring is 1. The molecule has 0 heterocycles. The maximum absolute atomic E-state index is 10.5. The summed E-state index contributed by atoms with van der Waals surface area (Å²) in [5.74, 6) is -0.410. The standard InChI is InChI=1S/C12H16N2O3/c1-3-17-11-7-10(14-2)9(13)6-8(11)4-5-12(15)16/h4-7,14H,3,13H2,1-2H3,(H,15,16)/b5-4+. The zero-order valence-electron chi connectivity index (χ0n) is 9.86. The van der Waals surface area contributed by atoms with Crippen molar-refractivity contribution in [2.24, 2.45) is 0 Å². The number of nitrogens with one attached hydrogen (secondary N) is 1. The number of aliphatic carboxylic acids is 1. The zero-order valence-corrected chi connectivity index (χ0v) is 9.86. The van der Waals surface area contributed by atoms with Gasteiger partial charge in [-0.1, -0.05) is 0 Å². The predicted octanol–water partition coefficient (Wildman–Crippen LogP) is 1.81. The van der Waals surface area contributed by atoms with Crippen molar-refractivity contribution >= 4 is 23.4 Å². The summed E-state index contributed by atoms with van der Waals surface area (Å²) >= 11 is 0. The van der Waals surface area contributed by atoms with Crippen LogP contribution in [0.4, 0.5) is 11.4 Å². The summed E-state index contributed by atoms with van der Waals surface area (Å²) in [4.78, 5) is 10.5. The van der Waals surface area contributed by atoms with Gasteiger partial charge in [-0.25, -0.2) is 4.79 Å². The van der Waals surface area contributed by atoms with E-state index >= 15 is 0 Å². The Kier molecular flexibility index (Phi) is 4.39. The van der Waals surface area contributed by atoms with E-state index in [1.165, 1.54) is 6.08 Å². The molecule has 92 valence electrons. The van der Waals surface area contributed by atoms with Crippen LogP contribution in [0, 0.1) is 0 Å². The Bertz CT molecular complexity index is 442. The second-order valence-electron chi connectivity index (χ2n) is 3.33. The van der Waals surface area contributed by atoms with Crippen LogP contribution in [-0.2, 0) is 4.79 Å². The van der Waals surface area contributed by atoms with Gasteiger partial charge >= 0.3 is 5.97 Å². The van der Waals surface area contributed by atoms with E-state index in [-0.39, 0.29) is 0 Å². The Morgan fingerprint density at radius 3 is 2.82 bits per heavy atom. The molecule has 0 aliphatic heterocycles. The number of nitrogens with two attached hydrogens (primary N) is 1. The molecule has 0 amide bonds. The van der Waals surface area contributed by atoms with Gasteiger partial charge in [-0.2, -0.15) is 0 Å². The third-order valence-corrected chi connectivity index (χ3v) is 2.16. The maximum Gasteiger partial charge on any atom is 0.328 e. The van der Waals surface area contributed by atoms with Crippen LogP contribution in [0.15, 0.2) is 18.2 Å². The monoisotopic (exact) mass is 236 g/mol. The van der Waals surface area contributed by atoms with Gasteiger partial charge in [0.15, 0.2) is 0 Å². The average Bonchev–Trinajstić information content (AvgIpc) is 2.29. The molecule has 0 unspecified atom stereocenters. The van der Waals surface area contributed by atoms with E-state index in [1.807, 2.05) is 6.92 Å². The minimum Gasteiger partial charge on any atom is -0.493 e. The lowest BCUT2D eigenvalue weighted by Crippen LogP contribution is -2.00. The topological polar surface area (TPSA) is 84.6 Å². The van der Waals surface area contributed by atoms with Crippen molar-refractivity contribution in [3.05, 3.63) is 23.8 Å². The molecule has 1 aromatic carbocycles. The van der Waals surface area contributed by atoms with Gasteiger partial charge in [0.2, 0.25) is 0 Å². The molecule has 0 aromatic heterocycles. The van der Waals surface area contributed by atoms with E-state index in [0.717, 1.165) is 11.8 Å². The van der Waals surface area contributed by atoms with Crippen molar-refractivity contribution in [2.75, 3.05) is 24.7 Å². The van der Waals surface area contributed by atoms with Gasteiger partial charge in [0.1, 0.15) is 5.75 Å². The van der Waals surface area contributed by atoms with Crippen molar-refractivity contribution in [1.82, 2.24) is 0 Å². The number of rotatable bonds is 5. The third-order valence-electron chi connectivity index (χ3n) is 2.16. The summed E-state index contributed by atoms with van der Waals surface area (Å²) in [5, 5.41) is 11.5. The first-order chi connectivity index (χ1) is 8.08. The highest BCUT2D eigenvalue weighted by Crippen LogP contribution is 2.30. The number of benzene rings is 1. The van der Waals surface area contributed by atoms with Crippen LogP contribution < -0.4 is 15.8 Å². The van der Waals surface area contributed by atoms with E-state index in [1.54, 1.807) is 19.2 Å². The lowest BCUT2D eigenvalue weighted by atomic mass is 10.1. The number of hydrogen-bond acceptors (Lipinski definition) is 4. The number of anilines is 2. The molecular formula is C12H16N2O3. The molecule has 0 saturated carbocycles. The normalized spacial score (nSPS) is 10.5. The number of ether oxygens (including phenoxy) is 1. The number of carbonyl (C=O) groups is 1. The summed E-state index contributed by atoms with van der Waals surface area (Å²) in [7, 11) is 1.76. The van der Waals surface area contributed by atoms with E-state index in [2.05, 4.69) is 5.32 Å². The second kappa shape index (κ2) is 5.79. The zero-order chi connectivity index (χ0) is 12.8. The van der Waals surface area contributed by atoms with Crippen molar-refractivity contribution in [2.45, 2.75) is 6.92 Å². The Morgan fingerprint density at radius 1 is 1.59 bits per heavy atom. The first kappa shape index (κ1) is 12.9. The van der Waals surface area contributed by atoms with Crippen LogP contribution in [-0.4, -0.2) is 24.7 Å². The largest absolute Gasteiger partial charge is 0.493 e. The number of carboxylic acids is 1. The number of hydrogen-bond donors (Lipinski definition) is 3. The van der Waals surface area contributed by atoms with Crippen LogP contribution >= 0.6 is 0 Å². The molecule has 5 nitrogen and oxygen atoms in total. The Morgan fingerprint density at radius 2 is 2.29 bits per heavy atom. The Labute approximate surface area is 99.9 Å². The van der Waals surface area contributed by atoms with Crippen LogP contribution in [0.5, 0.6) is 5.75 Å². The minimum absolute atomic E-state index is 0.501. The molecule has 0 bridgehead atoms. The molecule has 17 heavy (non-hydrogen) atoms. The number of carboxylic acid groups (broad SMARTS) is 1. The molecule has 0 fully saturated rings. The van der Waals surface area contributed by atoms with Gasteiger partial charge in [-0.05, 0) is 19.1 Å². The smallest absolute Gasteiger partial charge is 0.328 e. The fourth-order valence-electron chi connectivity index (χ4n) is 1.40. The van der Waals surface area contributed by atoms with Crippen LogP contribution in [0.2, 0.25) is 0 Å². The highest BCUT2D eigenvalue weighted by atomic mass is 16.5. The van der Waals surface area contributed by atoms with Gasteiger partial charge < -0.3 is 20.9 Å². The molecule has 5 heteroatoms. The van der Waals surface area contributed by atoms with Gasteiger partial charge in [0.05, 0.1) is 18.0 Å². The molecule has 4 N–H and O–H groups in total. The molecule has 0 aliphatic carbocycles. The molecule has 0 radical (unpaired) electrons. The first-order valence-corrected chi connectivity index (χ1v) is 5.23. The summed E-state index contributed by atoms with van der Waals surface area (Å²) < 4.78 is 5.43. The van der Waals surface area contributed by atoms with Gasteiger partial charge in [0.25, 0.3) is 0 Å². The van der Waals surface area contributed by atoms with E-state index < -0.39 is 5.97 Å². The van der Waals surface area contributed by atoms with Crippen molar-refractivity contribution in [3.63, 3.8) is 0 Å². The van der Waals surface area contributed by atoms with E-state index in [0.29, 0.717) is 23.6 Å². The molecule has 1 rings (SSSR count). The van der Waals surface area contributed by atoms with E-state index in [4.69, 9.17) is 15.6 Å². The van der Waals surface area contributed by atoms with Crippen molar-refractivity contribution < 1.29 is 14.6 Å². The summed E-state index contributed by atoms with van der Waals surface area (Å²) in [6.07, 6.45) is 2.51. The highest BCUT2D eigenvalue weighted by molar-refractivity contribution is 5.87. The fraction of sp³-hybridized carbons (Fsp3) is 0.250. The summed E-state index contributed by atoms with van der Waals surface area (Å²) in [6.45, 7) is 2.36. The van der Waals surface area contributed by atoms with E-state index in [9.17, 15) is 4.79 Å². The summed E-state index contributed by atoms with van der Waals surface area (Å²) in [6, 6.07) is 3.43. The van der Waals surface area contributed by atoms with Crippen molar-refractivity contribution in [1.29, 1.82) is 0 Å². The fourth-order valence-corrected chi connectivity index (χ4v) is 1.40. The lowest BCUT2D eigenvalue weighted by molar-refractivity contribution is -0.131. The molecule has 1 aromatic rings. The Balaban J connectivity index is 3.17. The van der Waals surface area contributed by atoms with Crippen LogP contribution in [0.1, 0.15) is 12.5 Å². The summed E-state index contributed by atoms with van der Waals surface area (Å²) in [5.41, 5.74) is 7.74. The Hall–Kier alpha value is -2.17. The molecule has 0 saturated heterocycles. The van der Waals surface area contributed by atoms with Crippen LogP contribution in [0.3, 0.4) is 0 Å². The predicted molar refractivity (Wildman–Crippen MR) is 68.2 cm³/mol. The maximum atomic E-state index is 10.5. The third kappa shape index (κ3) is 3.41. The lowest BCUT2D eigenvalue weighted by Gasteiger charge is -2.12. The first-order valence-electron chi connectivity index (χ1n) is 5.23. The second-order valence-corrected chi connectivity index (χ2v) is 3.33. The van der Waals surface area contributed by atoms with Gasteiger partial charge in [0, 0.05) is 24.8 Å². The molecule has 0 aliphatic rings. The van der Waals surface area contributed by atoms with Gasteiger partial charge in [-0.15, -0.1) is 0 Å². The van der Waals surface area contributed by atoms with Gasteiger partial charge in [-0.3, -0.25) is 0 Å². The quantitative estimate of drug-likeness (QED) is 0.536. The van der Waals surface area contributed by atoms with Crippen molar-refractivity contribution in [3.8, 4) is 5.75 Å². The molecule has 0 spiro atoms. The highest BCUT2D eigenvalue weighted by Gasteiger charge is 2.06. The molecular weight excluding hydrogens is 220 g/mol. The average molecular weight is 236 g/mol. The minimum atomic E-state index is -1.01. The molecule has 0 atom stereocenters. The SMILES string of the molecule is CCOc1cc(NC)c(N)cc1/C=C/C(=O)O. The van der Waals surface area contributed by atoms with Crippen LogP contribution in [0.25, 0.3) is 6.08 Å².